The van der Waals surface area contributed by atoms with E-state index in [0.29, 0.717) is 6.04 Å². The fraction of sp³-hybridized carbons (Fsp3) is 0.684. The lowest BCUT2D eigenvalue weighted by molar-refractivity contribution is 0.236. The Balaban J connectivity index is 1.81. The Hall–Kier alpha value is -0.820. The molecule has 0 radical (unpaired) electrons. The summed E-state index contributed by atoms with van der Waals surface area (Å²) in [5, 5.41) is 3.65. The lowest BCUT2D eigenvalue weighted by atomic mass is 9.72. The molecule has 1 aromatic rings. The molecular formula is C19H29N. The molecule has 0 amide bonds. The molecule has 0 aromatic heterocycles. The van der Waals surface area contributed by atoms with Crippen molar-refractivity contribution in [2.24, 2.45) is 11.8 Å². The molecule has 20 heavy (non-hydrogen) atoms. The van der Waals surface area contributed by atoms with Crippen LogP contribution >= 0.6 is 0 Å². The molecule has 0 aliphatic heterocycles. The third kappa shape index (κ3) is 2.79. The monoisotopic (exact) mass is 271 g/mol. The highest BCUT2D eigenvalue weighted by molar-refractivity contribution is 5.34. The molecule has 2 aliphatic carbocycles. The average Bonchev–Trinajstić information content (AvgIpc) is 2.41. The van der Waals surface area contributed by atoms with E-state index in [1.54, 1.807) is 11.1 Å². The summed E-state index contributed by atoms with van der Waals surface area (Å²) in [6, 6.07) is 9.79. The fourth-order valence-electron chi connectivity index (χ4n) is 4.15. The molecule has 1 heteroatoms. The Morgan fingerprint density at radius 3 is 2.30 bits per heavy atom. The van der Waals surface area contributed by atoms with Gasteiger partial charge in [0.05, 0.1) is 0 Å². The van der Waals surface area contributed by atoms with Crippen molar-refractivity contribution in [3.05, 3.63) is 35.4 Å². The van der Waals surface area contributed by atoms with Crippen LogP contribution in [0.2, 0.25) is 0 Å². The summed E-state index contributed by atoms with van der Waals surface area (Å²) in [4.78, 5) is 0. The van der Waals surface area contributed by atoms with Crippen molar-refractivity contribution in [3.8, 4) is 0 Å². The Bertz CT molecular complexity index is 427. The first-order valence-electron chi connectivity index (χ1n) is 8.55. The van der Waals surface area contributed by atoms with Crippen molar-refractivity contribution < 1.29 is 0 Å². The summed E-state index contributed by atoms with van der Waals surface area (Å²) in [5.74, 6) is 2.60. The second-order valence-electron chi connectivity index (χ2n) is 7.04. The first kappa shape index (κ1) is 14.1. The number of nitrogens with one attached hydrogen (secondary N) is 1. The van der Waals surface area contributed by atoms with Crippen LogP contribution in [0.25, 0.3) is 0 Å². The summed E-state index contributed by atoms with van der Waals surface area (Å²) in [6.07, 6.45) is 9.83. The van der Waals surface area contributed by atoms with Crippen LogP contribution in [0.1, 0.15) is 75.0 Å². The third-order valence-electron chi connectivity index (χ3n) is 5.72. The Kier molecular flexibility index (Phi) is 4.45. The van der Waals surface area contributed by atoms with Gasteiger partial charge in [-0.2, -0.15) is 0 Å². The Labute approximate surface area is 124 Å². The number of hydrogen-bond donors (Lipinski definition) is 1. The van der Waals surface area contributed by atoms with Crippen LogP contribution in [0.5, 0.6) is 0 Å². The van der Waals surface area contributed by atoms with Gasteiger partial charge in [-0.15, -0.1) is 0 Å². The van der Waals surface area contributed by atoms with Crippen molar-refractivity contribution in [2.45, 2.75) is 63.8 Å². The molecule has 1 nitrogen and oxygen atoms in total. The molecule has 1 unspecified atom stereocenters. The number of rotatable bonds is 4. The second-order valence-corrected chi connectivity index (χ2v) is 7.04. The zero-order valence-corrected chi connectivity index (χ0v) is 13.1. The highest BCUT2D eigenvalue weighted by Crippen LogP contribution is 2.43. The van der Waals surface area contributed by atoms with E-state index in [9.17, 15) is 0 Å². The van der Waals surface area contributed by atoms with Gasteiger partial charge in [-0.05, 0) is 61.6 Å². The number of hydrogen-bond acceptors (Lipinski definition) is 1. The molecule has 1 atom stereocenters. The van der Waals surface area contributed by atoms with Crippen molar-refractivity contribution in [3.63, 3.8) is 0 Å². The summed E-state index contributed by atoms with van der Waals surface area (Å²) < 4.78 is 0. The van der Waals surface area contributed by atoms with Crippen molar-refractivity contribution in [2.75, 3.05) is 7.05 Å². The molecule has 0 bridgehead atoms. The molecule has 1 aromatic carbocycles. The van der Waals surface area contributed by atoms with Crippen LogP contribution in [-0.4, -0.2) is 7.05 Å². The first-order valence-corrected chi connectivity index (χ1v) is 8.55. The van der Waals surface area contributed by atoms with E-state index in [2.05, 4.69) is 43.6 Å². The van der Waals surface area contributed by atoms with Crippen molar-refractivity contribution in [1.29, 1.82) is 0 Å². The maximum Gasteiger partial charge on any atom is 0.0348 e. The standard InChI is InChI=1S/C19H29N/c1-14-10-12-16(13-11-14)19(20-2)18-9-4-3-8-17(18)15-6-5-7-15/h3-4,8-9,14-16,19-20H,5-7,10-13H2,1-2H3. The van der Waals surface area contributed by atoms with Gasteiger partial charge in [0.25, 0.3) is 0 Å². The van der Waals surface area contributed by atoms with Gasteiger partial charge in [0, 0.05) is 6.04 Å². The normalized spacial score (nSPS) is 28.9. The van der Waals surface area contributed by atoms with Crippen LogP contribution in [0.4, 0.5) is 0 Å². The molecule has 0 saturated heterocycles. The molecule has 2 fully saturated rings. The molecule has 0 spiro atoms. The van der Waals surface area contributed by atoms with Crippen LogP contribution < -0.4 is 5.32 Å². The van der Waals surface area contributed by atoms with E-state index in [0.717, 1.165) is 17.8 Å². The maximum absolute atomic E-state index is 3.65. The molecule has 3 rings (SSSR count). The van der Waals surface area contributed by atoms with Gasteiger partial charge >= 0.3 is 0 Å². The maximum atomic E-state index is 3.65. The predicted octanol–water partition coefficient (Wildman–Crippen LogP) is 5.04. The Morgan fingerprint density at radius 1 is 1.00 bits per heavy atom. The van der Waals surface area contributed by atoms with Gasteiger partial charge < -0.3 is 5.32 Å². The van der Waals surface area contributed by atoms with Gasteiger partial charge in [0.2, 0.25) is 0 Å². The summed E-state index contributed by atoms with van der Waals surface area (Å²) in [6.45, 7) is 2.41. The smallest absolute Gasteiger partial charge is 0.0348 e. The van der Waals surface area contributed by atoms with Gasteiger partial charge in [-0.25, -0.2) is 0 Å². The van der Waals surface area contributed by atoms with E-state index < -0.39 is 0 Å². The predicted molar refractivity (Wildman–Crippen MR) is 86.0 cm³/mol. The van der Waals surface area contributed by atoms with Gasteiger partial charge in [0.15, 0.2) is 0 Å². The van der Waals surface area contributed by atoms with Crippen LogP contribution in [-0.2, 0) is 0 Å². The molecule has 0 heterocycles. The average molecular weight is 271 g/mol. The zero-order valence-electron chi connectivity index (χ0n) is 13.1. The first-order chi connectivity index (χ1) is 9.79. The topological polar surface area (TPSA) is 12.0 Å². The molecule has 2 saturated carbocycles. The lowest BCUT2D eigenvalue weighted by Crippen LogP contribution is -2.30. The minimum atomic E-state index is 0.569. The zero-order chi connectivity index (χ0) is 13.9. The largest absolute Gasteiger partial charge is 0.313 e. The highest BCUT2D eigenvalue weighted by atomic mass is 14.9. The Morgan fingerprint density at radius 2 is 1.70 bits per heavy atom. The van der Waals surface area contributed by atoms with Gasteiger partial charge in [0.1, 0.15) is 0 Å². The van der Waals surface area contributed by atoms with E-state index >= 15 is 0 Å². The summed E-state index contributed by atoms with van der Waals surface area (Å²) in [5.41, 5.74) is 3.23. The van der Waals surface area contributed by atoms with Crippen molar-refractivity contribution >= 4 is 0 Å². The minimum Gasteiger partial charge on any atom is -0.313 e. The quantitative estimate of drug-likeness (QED) is 0.809. The van der Waals surface area contributed by atoms with Crippen LogP contribution in [0.3, 0.4) is 0 Å². The van der Waals surface area contributed by atoms with Crippen molar-refractivity contribution in [1.82, 2.24) is 5.32 Å². The minimum absolute atomic E-state index is 0.569. The van der Waals surface area contributed by atoms with E-state index in [1.165, 1.54) is 44.9 Å². The van der Waals surface area contributed by atoms with Gasteiger partial charge in [-0.1, -0.05) is 50.5 Å². The summed E-state index contributed by atoms with van der Waals surface area (Å²) >= 11 is 0. The highest BCUT2D eigenvalue weighted by Gasteiger charge is 2.30. The van der Waals surface area contributed by atoms with E-state index in [1.807, 2.05) is 0 Å². The molecule has 110 valence electrons. The van der Waals surface area contributed by atoms with E-state index in [4.69, 9.17) is 0 Å². The summed E-state index contributed by atoms with van der Waals surface area (Å²) in [7, 11) is 2.15. The molecule has 2 aliphatic rings. The lowest BCUT2D eigenvalue weighted by Gasteiger charge is -2.36. The second kappa shape index (κ2) is 6.30. The fourth-order valence-corrected chi connectivity index (χ4v) is 4.15. The molecule has 1 N–H and O–H groups in total. The van der Waals surface area contributed by atoms with Crippen LogP contribution in [0.15, 0.2) is 24.3 Å². The SMILES string of the molecule is CNC(c1ccccc1C1CCC1)C1CCC(C)CC1. The van der Waals surface area contributed by atoms with E-state index in [-0.39, 0.29) is 0 Å². The third-order valence-corrected chi connectivity index (χ3v) is 5.72. The van der Waals surface area contributed by atoms with Gasteiger partial charge in [-0.3, -0.25) is 0 Å². The molecular weight excluding hydrogens is 242 g/mol. The number of benzene rings is 1. The van der Waals surface area contributed by atoms with Crippen LogP contribution in [0, 0.1) is 11.8 Å².